The molecule has 2 nitrogen and oxygen atoms in total. The van der Waals surface area contributed by atoms with Crippen LogP contribution in [0.4, 0.5) is 0 Å². The van der Waals surface area contributed by atoms with Crippen molar-refractivity contribution in [2.24, 2.45) is 0 Å². The summed E-state index contributed by atoms with van der Waals surface area (Å²) in [6.07, 6.45) is 0. The van der Waals surface area contributed by atoms with Crippen molar-refractivity contribution in [2.45, 2.75) is 0 Å². The van der Waals surface area contributed by atoms with E-state index in [0.717, 1.165) is 11.4 Å². The molecule has 11 aromatic rings. The average molecular weight is 743 g/mol. The molecule has 11 rings (SSSR count). The first-order valence-corrected chi connectivity index (χ1v) is 21.7. The fourth-order valence-corrected chi connectivity index (χ4v) is 14.1. The monoisotopic (exact) mass is 742 g/mol. The van der Waals surface area contributed by atoms with E-state index < -0.39 is 8.07 Å². The van der Waals surface area contributed by atoms with Crippen molar-refractivity contribution in [2.75, 3.05) is 0 Å². The Kier molecular flexibility index (Phi) is 7.87. The van der Waals surface area contributed by atoms with E-state index in [0.29, 0.717) is 0 Å². The summed E-state index contributed by atoms with van der Waals surface area (Å²) in [4.78, 5) is 0. The molecule has 0 amide bonds. The number of hydrogen-bond acceptors (Lipinski definition) is 0. The highest BCUT2D eigenvalue weighted by Gasteiger charge is 2.41. The van der Waals surface area contributed by atoms with Crippen LogP contribution in [0.2, 0.25) is 0 Å². The Balaban J connectivity index is 1.14. The van der Waals surface area contributed by atoms with Gasteiger partial charge in [-0.2, -0.15) is 0 Å². The lowest BCUT2D eigenvalue weighted by molar-refractivity contribution is 1.15. The van der Waals surface area contributed by atoms with Gasteiger partial charge in [0, 0.05) is 32.9 Å². The largest absolute Gasteiger partial charge is 0.309 e. The molecule has 9 aromatic carbocycles. The maximum atomic E-state index is 2.51. The van der Waals surface area contributed by atoms with Gasteiger partial charge >= 0.3 is 0 Å². The van der Waals surface area contributed by atoms with Gasteiger partial charge in [0.25, 0.3) is 0 Å². The smallest absolute Gasteiger partial charge is 0.179 e. The van der Waals surface area contributed by atoms with Gasteiger partial charge in [-0.15, -0.1) is 0 Å². The molecule has 3 heteroatoms. The van der Waals surface area contributed by atoms with Crippen LogP contribution in [0.3, 0.4) is 0 Å². The topological polar surface area (TPSA) is 9.86 Å². The fourth-order valence-electron chi connectivity index (χ4n) is 9.36. The number of rotatable bonds is 7. The summed E-state index contributed by atoms with van der Waals surface area (Å²) in [5.74, 6) is 0. The van der Waals surface area contributed by atoms with Crippen LogP contribution in [-0.4, -0.2) is 17.2 Å². The van der Waals surface area contributed by atoms with Gasteiger partial charge in [0.1, 0.15) is 0 Å². The summed E-state index contributed by atoms with van der Waals surface area (Å²) in [5.41, 5.74) is 9.51. The van der Waals surface area contributed by atoms with Gasteiger partial charge in [0.05, 0.1) is 22.1 Å². The Hall–Kier alpha value is -7.20. The third kappa shape index (κ3) is 5.24. The standard InChI is InChI=1S/C54H38N2Si/c1-5-17-39(18-6-1)40-29-31-41(32-30-40)55-51-27-15-13-25-47(51)49-35-33-42(37-54(49)55)56-52-28-16-14-26-48(52)50-38-46(34-36-53(50)56)57(43-19-7-2-8-20-43,44-21-9-3-10-22-44)45-23-11-4-12-24-45/h1-38H. The molecule has 0 fully saturated rings. The van der Waals surface area contributed by atoms with E-state index in [2.05, 4.69) is 240 Å². The normalized spacial score (nSPS) is 11.9. The first-order chi connectivity index (χ1) is 28.3. The third-order valence-electron chi connectivity index (χ3n) is 11.9. The minimum atomic E-state index is -2.71. The second-order valence-corrected chi connectivity index (χ2v) is 18.7. The van der Waals surface area contributed by atoms with Crippen molar-refractivity contribution >= 4 is 72.4 Å². The van der Waals surface area contributed by atoms with E-state index >= 15 is 0 Å². The molecule has 0 unspecified atom stereocenters. The summed E-state index contributed by atoms with van der Waals surface area (Å²) in [6, 6.07) is 85.2. The van der Waals surface area contributed by atoms with Crippen molar-refractivity contribution in [3.63, 3.8) is 0 Å². The molecule has 0 bridgehead atoms. The van der Waals surface area contributed by atoms with Gasteiger partial charge < -0.3 is 9.13 Å². The molecule has 0 saturated carbocycles. The predicted molar refractivity (Wildman–Crippen MR) is 244 cm³/mol. The van der Waals surface area contributed by atoms with Gasteiger partial charge in [-0.3, -0.25) is 0 Å². The first-order valence-electron chi connectivity index (χ1n) is 19.7. The van der Waals surface area contributed by atoms with E-state index in [9.17, 15) is 0 Å². The van der Waals surface area contributed by atoms with Crippen LogP contribution >= 0.6 is 0 Å². The molecule has 268 valence electrons. The molecule has 0 atom stereocenters. The molecular formula is C54H38N2Si. The lowest BCUT2D eigenvalue weighted by atomic mass is 10.1. The SMILES string of the molecule is c1ccc(-c2ccc(-n3c4ccccc4c4ccc(-n5c6ccccc6c6cc([Si](c7ccccc7)(c7ccccc7)c7ccccc7)ccc65)cc43)cc2)cc1. The van der Waals surface area contributed by atoms with E-state index in [-0.39, 0.29) is 0 Å². The second-order valence-electron chi connectivity index (χ2n) is 14.9. The number of hydrogen-bond donors (Lipinski definition) is 0. The van der Waals surface area contributed by atoms with Gasteiger partial charge in [0.2, 0.25) is 0 Å². The Morgan fingerprint density at radius 3 is 1.25 bits per heavy atom. The summed E-state index contributed by atoms with van der Waals surface area (Å²) >= 11 is 0. The molecule has 0 aliphatic heterocycles. The zero-order valence-corrected chi connectivity index (χ0v) is 32.3. The van der Waals surface area contributed by atoms with E-state index in [1.54, 1.807) is 0 Å². The molecule has 0 aliphatic rings. The Morgan fingerprint density at radius 1 is 0.246 bits per heavy atom. The van der Waals surface area contributed by atoms with Crippen molar-refractivity contribution in [1.29, 1.82) is 0 Å². The molecule has 0 aliphatic carbocycles. The highest BCUT2D eigenvalue weighted by atomic mass is 28.3. The highest BCUT2D eigenvalue weighted by Crippen LogP contribution is 2.37. The third-order valence-corrected chi connectivity index (χ3v) is 16.6. The molecule has 57 heavy (non-hydrogen) atoms. The minimum absolute atomic E-state index is 1.14. The average Bonchev–Trinajstić information content (AvgIpc) is 3.80. The molecule has 2 aromatic heterocycles. The number of para-hydroxylation sites is 2. The van der Waals surface area contributed by atoms with Crippen molar-refractivity contribution in [3.8, 4) is 22.5 Å². The molecular weight excluding hydrogens is 705 g/mol. The zero-order chi connectivity index (χ0) is 37.8. The molecule has 0 saturated heterocycles. The fraction of sp³-hybridized carbons (Fsp3) is 0. The quantitative estimate of drug-likeness (QED) is 0.114. The number of benzene rings is 9. The van der Waals surface area contributed by atoms with Crippen molar-refractivity contribution < 1.29 is 0 Å². The maximum absolute atomic E-state index is 2.71. The second kappa shape index (κ2) is 13.5. The van der Waals surface area contributed by atoms with E-state index in [1.165, 1.54) is 75.5 Å². The van der Waals surface area contributed by atoms with E-state index in [1.807, 2.05) is 0 Å². The van der Waals surface area contributed by atoms with Crippen LogP contribution in [0.15, 0.2) is 231 Å². The number of aromatic nitrogens is 2. The summed E-state index contributed by atoms with van der Waals surface area (Å²) in [6.45, 7) is 0. The lowest BCUT2D eigenvalue weighted by Gasteiger charge is -2.34. The van der Waals surface area contributed by atoms with Gasteiger partial charge in [-0.05, 0) is 74.3 Å². The van der Waals surface area contributed by atoms with Crippen molar-refractivity contribution in [1.82, 2.24) is 9.13 Å². The molecule has 0 spiro atoms. The summed E-state index contributed by atoms with van der Waals surface area (Å²) in [5, 5.41) is 10.5. The predicted octanol–water partition coefficient (Wildman–Crippen LogP) is 10.9. The molecule has 2 heterocycles. The summed E-state index contributed by atoms with van der Waals surface area (Å²) in [7, 11) is -2.71. The van der Waals surface area contributed by atoms with Crippen LogP contribution in [0.1, 0.15) is 0 Å². The van der Waals surface area contributed by atoms with Crippen LogP contribution in [0.5, 0.6) is 0 Å². The van der Waals surface area contributed by atoms with E-state index in [4.69, 9.17) is 0 Å². The molecule has 0 radical (unpaired) electrons. The van der Waals surface area contributed by atoms with Gasteiger partial charge in [0.15, 0.2) is 8.07 Å². The summed E-state index contributed by atoms with van der Waals surface area (Å²) < 4.78 is 4.89. The first kappa shape index (κ1) is 33.2. The zero-order valence-electron chi connectivity index (χ0n) is 31.3. The Labute approximate surface area is 333 Å². The van der Waals surface area contributed by atoms with Gasteiger partial charge in [-0.25, -0.2) is 0 Å². The highest BCUT2D eigenvalue weighted by molar-refractivity contribution is 7.20. The molecule has 0 N–H and O–H groups in total. The van der Waals surface area contributed by atoms with Crippen LogP contribution in [0, 0.1) is 0 Å². The van der Waals surface area contributed by atoms with Crippen LogP contribution in [0.25, 0.3) is 66.1 Å². The van der Waals surface area contributed by atoms with Crippen LogP contribution < -0.4 is 20.7 Å². The number of fused-ring (bicyclic) bond motifs is 6. The number of nitrogens with zero attached hydrogens (tertiary/aromatic N) is 2. The van der Waals surface area contributed by atoms with Gasteiger partial charge in [-0.1, -0.05) is 188 Å². The Bertz CT molecular complexity index is 3100. The van der Waals surface area contributed by atoms with Crippen molar-refractivity contribution in [3.05, 3.63) is 231 Å². The minimum Gasteiger partial charge on any atom is -0.309 e. The lowest BCUT2D eigenvalue weighted by Crippen LogP contribution is -2.74. The maximum Gasteiger partial charge on any atom is 0.179 e. The Morgan fingerprint density at radius 2 is 0.667 bits per heavy atom. The van der Waals surface area contributed by atoms with Crippen LogP contribution in [-0.2, 0) is 0 Å².